The lowest BCUT2D eigenvalue weighted by Crippen LogP contribution is -2.31. The zero-order valence-corrected chi connectivity index (χ0v) is 20.1. The van der Waals surface area contributed by atoms with E-state index in [-0.39, 0.29) is 23.9 Å². The third kappa shape index (κ3) is 4.00. The lowest BCUT2D eigenvalue weighted by atomic mass is 10.1. The third-order valence-electron chi connectivity index (χ3n) is 6.25. The molecule has 4 heterocycles. The summed E-state index contributed by atoms with van der Waals surface area (Å²) in [4.78, 5) is 34.0. The predicted molar refractivity (Wildman–Crippen MR) is 138 cm³/mol. The molecule has 1 aliphatic rings. The summed E-state index contributed by atoms with van der Waals surface area (Å²) in [7, 11) is 0. The molecule has 1 amide bonds. The van der Waals surface area contributed by atoms with Crippen LogP contribution in [0, 0.1) is 0 Å². The number of carbonyl (C=O) groups is 1. The molecule has 176 valence electrons. The second-order valence-corrected chi connectivity index (χ2v) is 9.89. The molecule has 0 saturated carbocycles. The molecule has 5 aromatic rings. The Kier molecular flexibility index (Phi) is 5.58. The van der Waals surface area contributed by atoms with Gasteiger partial charge >= 0.3 is 0 Å². The molecular formula is C25H21ClN6O2S. The first-order valence-electron chi connectivity index (χ1n) is 11.3. The number of benzene rings is 2. The van der Waals surface area contributed by atoms with E-state index in [4.69, 9.17) is 16.6 Å². The quantitative estimate of drug-likeness (QED) is 0.339. The molecule has 1 aliphatic heterocycles. The number of hydrogen-bond donors (Lipinski definition) is 2. The van der Waals surface area contributed by atoms with E-state index in [2.05, 4.69) is 21.5 Å². The van der Waals surface area contributed by atoms with Crippen molar-refractivity contribution >= 4 is 51.2 Å². The molecule has 35 heavy (non-hydrogen) atoms. The van der Waals surface area contributed by atoms with Crippen LogP contribution in [-0.2, 0) is 11.2 Å². The van der Waals surface area contributed by atoms with Crippen LogP contribution in [0.2, 0.25) is 5.02 Å². The van der Waals surface area contributed by atoms with E-state index in [1.165, 1.54) is 28.9 Å². The zero-order valence-electron chi connectivity index (χ0n) is 18.6. The number of carbonyl (C=O) groups excluding carboxylic acids is 1. The average Bonchev–Trinajstić information content (AvgIpc) is 3.58. The second-order valence-electron chi connectivity index (χ2n) is 8.47. The summed E-state index contributed by atoms with van der Waals surface area (Å²) in [5.41, 5.74) is 3.36. The van der Waals surface area contributed by atoms with Crippen LogP contribution in [0.4, 0.5) is 0 Å². The fourth-order valence-electron chi connectivity index (χ4n) is 4.51. The molecule has 0 radical (unpaired) electrons. The minimum absolute atomic E-state index is 0.0767. The molecule has 6 rings (SSSR count). The standard InChI is InChI=1S/C25H21ClN6O2S/c26-16-5-7-17(8-6-16)32-23-20(13-29-32)24(34)31-18(14-35-25(31)30-23)11-22(33)27-10-9-15-12-28-21-4-2-1-3-19(15)21/h1-8,12-13,18,28H,9-11,14H2,(H,27,33). The maximum Gasteiger partial charge on any atom is 0.265 e. The van der Waals surface area contributed by atoms with Gasteiger partial charge in [0.25, 0.3) is 5.56 Å². The number of amides is 1. The summed E-state index contributed by atoms with van der Waals surface area (Å²) >= 11 is 7.48. The summed E-state index contributed by atoms with van der Waals surface area (Å²) in [6.45, 7) is 0.535. The van der Waals surface area contributed by atoms with Crippen LogP contribution in [0.5, 0.6) is 0 Å². The molecule has 8 nitrogen and oxygen atoms in total. The Bertz CT molecular complexity index is 1620. The number of H-pyrrole nitrogens is 1. The number of thioether (sulfide) groups is 1. The van der Waals surface area contributed by atoms with E-state index in [1.807, 2.05) is 36.5 Å². The van der Waals surface area contributed by atoms with Crippen LogP contribution in [0.15, 0.2) is 70.9 Å². The first-order chi connectivity index (χ1) is 17.1. The van der Waals surface area contributed by atoms with Crippen molar-refractivity contribution in [3.05, 3.63) is 81.9 Å². The van der Waals surface area contributed by atoms with E-state index < -0.39 is 0 Å². The molecule has 0 aliphatic carbocycles. The summed E-state index contributed by atoms with van der Waals surface area (Å²) < 4.78 is 3.28. The highest BCUT2D eigenvalue weighted by Gasteiger charge is 2.29. The Balaban J connectivity index is 1.17. The molecular weight excluding hydrogens is 484 g/mol. The van der Waals surface area contributed by atoms with E-state index >= 15 is 0 Å². The zero-order chi connectivity index (χ0) is 23.9. The number of nitrogens with zero attached hydrogens (tertiary/aromatic N) is 4. The number of nitrogens with one attached hydrogen (secondary N) is 2. The third-order valence-corrected chi connectivity index (χ3v) is 7.60. The summed E-state index contributed by atoms with van der Waals surface area (Å²) in [5.74, 6) is 0.547. The molecule has 2 N–H and O–H groups in total. The van der Waals surface area contributed by atoms with E-state index in [1.54, 1.807) is 21.4 Å². The van der Waals surface area contributed by atoms with Crippen LogP contribution in [0.25, 0.3) is 27.6 Å². The molecule has 2 aromatic carbocycles. The van der Waals surface area contributed by atoms with Gasteiger partial charge in [-0.15, -0.1) is 0 Å². The molecule has 0 fully saturated rings. The molecule has 0 bridgehead atoms. The van der Waals surface area contributed by atoms with Crippen LogP contribution >= 0.6 is 23.4 Å². The van der Waals surface area contributed by atoms with Crippen LogP contribution in [0.1, 0.15) is 18.0 Å². The molecule has 10 heteroatoms. The number of aromatic amines is 1. The van der Waals surface area contributed by atoms with Crippen molar-refractivity contribution in [1.82, 2.24) is 29.6 Å². The molecule has 1 unspecified atom stereocenters. The number of aromatic nitrogens is 5. The summed E-state index contributed by atoms with van der Waals surface area (Å²) in [5, 5.41) is 10.2. The number of halogens is 1. The first-order valence-corrected chi connectivity index (χ1v) is 12.7. The Labute approximate surface area is 209 Å². The lowest BCUT2D eigenvalue weighted by Gasteiger charge is -2.13. The topological polar surface area (TPSA) is 97.6 Å². The van der Waals surface area contributed by atoms with Crippen molar-refractivity contribution in [3.63, 3.8) is 0 Å². The van der Waals surface area contributed by atoms with Gasteiger partial charge in [-0.05, 0) is 42.3 Å². The van der Waals surface area contributed by atoms with Crippen molar-refractivity contribution in [2.75, 3.05) is 12.3 Å². The van der Waals surface area contributed by atoms with Crippen LogP contribution in [-0.4, -0.2) is 42.5 Å². The number of hydrogen-bond acceptors (Lipinski definition) is 5. The number of rotatable bonds is 6. The largest absolute Gasteiger partial charge is 0.361 e. The van der Waals surface area contributed by atoms with Crippen molar-refractivity contribution in [1.29, 1.82) is 0 Å². The maximum atomic E-state index is 13.3. The molecule has 0 spiro atoms. The normalized spacial score (nSPS) is 15.1. The number of fused-ring (bicyclic) bond motifs is 3. The second kappa shape index (κ2) is 8.90. The maximum absolute atomic E-state index is 13.3. The van der Waals surface area contributed by atoms with E-state index in [0.717, 1.165) is 17.6 Å². The fraction of sp³-hybridized carbons (Fsp3) is 0.200. The minimum atomic E-state index is -0.244. The minimum Gasteiger partial charge on any atom is -0.361 e. The van der Waals surface area contributed by atoms with Gasteiger partial charge in [-0.1, -0.05) is 41.6 Å². The summed E-state index contributed by atoms with van der Waals surface area (Å²) in [6.07, 6.45) is 4.49. The van der Waals surface area contributed by atoms with Crippen molar-refractivity contribution < 1.29 is 4.79 Å². The Morgan fingerprint density at radius 1 is 1.17 bits per heavy atom. The van der Waals surface area contributed by atoms with Gasteiger partial charge in [-0.25, -0.2) is 9.67 Å². The molecule has 0 saturated heterocycles. The smallest absolute Gasteiger partial charge is 0.265 e. The van der Waals surface area contributed by atoms with Gasteiger partial charge in [0.1, 0.15) is 5.39 Å². The molecule has 1 atom stereocenters. The van der Waals surface area contributed by atoms with Gasteiger partial charge in [0.05, 0.1) is 17.9 Å². The highest BCUT2D eigenvalue weighted by Crippen LogP contribution is 2.33. The van der Waals surface area contributed by atoms with Crippen LogP contribution in [0.3, 0.4) is 0 Å². The fourth-order valence-corrected chi connectivity index (χ4v) is 5.77. The van der Waals surface area contributed by atoms with Crippen molar-refractivity contribution in [3.8, 4) is 5.69 Å². The average molecular weight is 505 g/mol. The lowest BCUT2D eigenvalue weighted by molar-refractivity contribution is -0.121. The van der Waals surface area contributed by atoms with Crippen molar-refractivity contribution in [2.24, 2.45) is 0 Å². The Morgan fingerprint density at radius 3 is 2.86 bits per heavy atom. The van der Waals surface area contributed by atoms with E-state index in [0.29, 0.717) is 33.5 Å². The van der Waals surface area contributed by atoms with Gasteiger partial charge in [-0.3, -0.25) is 14.2 Å². The molecule has 3 aromatic heterocycles. The predicted octanol–water partition coefficient (Wildman–Crippen LogP) is 4.11. The van der Waals surface area contributed by atoms with Gasteiger partial charge in [0.15, 0.2) is 10.8 Å². The Morgan fingerprint density at radius 2 is 2.00 bits per heavy atom. The van der Waals surface area contributed by atoms with Gasteiger partial charge < -0.3 is 10.3 Å². The van der Waals surface area contributed by atoms with E-state index in [9.17, 15) is 9.59 Å². The SMILES string of the molecule is O=C(CC1CSc2nc3c(cnn3-c3ccc(Cl)cc3)c(=O)n21)NCCc1c[nH]c2ccccc12. The van der Waals surface area contributed by atoms with Crippen LogP contribution < -0.4 is 10.9 Å². The van der Waals surface area contributed by atoms with Gasteiger partial charge in [0.2, 0.25) is 5.91 Å². The Hall–Kier alpha value is -3.56. The summed E-state index contributed by atoms with van der Waals surface area (Å²) in [6, 6.07) is 15.1. The monoisotopic (exact) mass is 504 g/mol. The van der Waals surface area contributed by atoms with Gasteiger partial charge in [0, 0.05) is 40.8 Å². The van der Waals surface area contributed by atoms with Crippen molar-refractivity contribution in [2.45, 2.75) is 24.0 Å². The highest BCUT2D eigenvalue weighted by molar-refractivity contribution is 7.99. The number of para-hydroxylation sites is 1. The van der Waals surface area contributed by atoms with Gasteiger partial charge in [-0.2, -0.15) is 5.10 Å². The first kappa shape index (κ1) is 21.9. The highest BCUT2D eigenvalue weighted by atomic mass is 35.5.